The zero-order valence-electron chi connectivity index (χ0n) is 18.9. The summed E-state index contributed by atoms with van der Waals surface area (Å²) in [5.41, 5.74) is 5.21. The minimum absolute atomic E-state index is 0.0278. The normalized spacial score (nSPS) is 11.6. The number of para-hydroxylation sites is 1. The molecule has 0 bridgehead atoms. The molecule has 1 aromatic heterocycles. The Morgan fingerprint density at radius 3 is 2.41 bits per heavy atom. The lowest BCUT2D eigenvalue weighted by Gasteiger charge is -2.24. The lowest BCUT2D eigenvalue weighted by atomic mass is 9.87. The molecule has 3 nitrogen and oxygen atoms in total. The Kier molecular flexibility index (Phi) is 6.38. The van der Waals surface area contributed by atoms with Gasteiger partial charge in [-0.15, -0.1) is 0 Å². The van der Waals surface area contributed by atoms with Crippen LogP contribution in [0, 0.1) is 0 Å². The molecule has 1 N–H and O–H groups in total. The number of H-pyrrole nitrogens is 1. The summed E-state index contributed by atoms with van der Waals surface area (Å²) in [4.78, 5) is 18.8. The van der Waals surface area contributed by atoms with Gasteiger partial charge in [0.2, 0.25) is 0 Å². The van der Waals surface area contributed by atoms with Crippen LogP contribution in [0.4, 0.5) is 0 Å². The molecule has 1 amide bonds. The molecule has 0 aliphatic heterocycles. The Balaban J connectivity index is 1.61. The third-order valence-corrected chi connectivity index (χ3v) is 6.09. The van der Waals surface area contributed by atoms with Crippen LogP contribution in [-0.4, -0.2) is 22.3 Å². The smallest absolute Gasteiger partial charge is 0.256 e. The number of carbonyl (C=O) groups excluding carboxylic acids is 1. The summed E-state index contributed by atoms with van der Waals surface area (Å²) in [6.45, 7) is 7.79. The number of rotatable bonds is 6. The Bertz CT molecular complexity index is 1220. The molecule has 0 saturated heterocycles. The molecule has 4 aromatic rings. The molecule has 0 unspecified atom stereocenters. The van der Waals surface area contributed by atoms with Gasteiger partial charge in [0.05, 0.1) is 11.1 Å². The van der Waals surface area contributed by atoms with E-state index in [2.05, 4.69) is 56.1 Å². The van der Waals surface area contributed by atoms with Crippen molar-refractivity contribution in [1.82, 2.24) is 9.88 Å². The first-order valence-corrected chi connectivity index (χ1v) is 11.4. The van der Waals surface area contributed by atoms with Crippen molar-refractivity contribution in [2.24, 2.45) is 0 Å². The minimum Gasteiger partial charge on any atom is -0.361 e. The number of aromatic nitrogens is 1. The van der Waals surface area contributed by atoms with E-state index < -0.39 is 0 Å². The van der Waals surface area contributed by atoms with Gasteiger partial charge in [-0.1, -0.05) is 80.9 Å². The standard InChI is InChI=1S/C28H29ClN2O/c1-28(2,3)23-12-10-21(11-13-23)19-31(17-15-20-6-4-8-24(29)18-20)27(32)25-9-5-7-22-14-16-30-26(22)25/h4-14,16,18,30H,15,17,19H2,1-3H3. The second kappa shape index (κ2) is 9.22. The van der Waals surface area contributed by atoms with Crippen molar-refractivity contribution in [2.75, 3.05) is 6.54 Å². The van der Waals surface area contributed by atoms with Crippen LogP contribution in [0.15, 0.2) is 79.0 Å². The van der Waals surface area contributed by atoms with Crippen molar-refractivity contribution >= 4 is 28.4 Å². The van der Waals surface area contributed by atoms with E-state index in [0.29, 0.717) is 23.7 Å². The van der Waals surface area contributed by atoms with Gasteiger partial charge >= 0.3 is 0 Å². The number of aromatic amines is 1. The van der Waals surface area contributed by atoms with Gasteiger partial charge in [0.25, 0.3) is 5.91 Å². The molecule has 0 radical (unpaired) electrons. The average Bonchev–Trinajstić information content (AvgIpc) is 3.25. The van der Waals surface area contributed by atoms with E-state index in [0.717, 1.165) is 28.5 Å². The average molecular weight is 445 g/mol. The number of carbonyl (C=O) groups is 1. The molecule has 3 aromatic carbocycles. The highest BCUT2D eigenvalue weighted by Gasteiger charge is 2.20. The first-order chi connectivity index (χ1) is 15.3. The largest absolute Gasteiger partial charge is 0.361 e. The highest BCUT2D eigenvalue weighted by Crippen LogP contribution is 2.24. The number of hydrogen-bond acceptors (Lipinski definition) is 1. The van der Waals surface area contributed by atoms with E-state index in [9.17, 15) is 4.79 Å². The third kappa shape index (κ3) is 5.05. The number of nitrogens with one attached hydrogen (secondary N) is 1. The fraction of sp³-hybridized carbons (Fsp3) is 0.250. The van der Waals surface area contributed by atoms with Gasteiger partial charge in [-0.05, 0) is 52.8 Å². The molecule has 4 heteroatoms. The van der Waals surface area contributed by atoms with Crippen molar-refractivity contribution in [3.8, 4) is 0 Å². The summed E-state index contributed by atoms with van der Waals surface area (Å²) in [6.07, 6.45) is 2.62. The highest BCUT2D eigenvalue weighted by molar-refractivity contribution is 6.30. The second-order valence-corrected chi connectivity index (χ2v) is 9.74. The lowest BCUT2D eigenvalue weighted by molar-refractivity contribution is 0.0747. The van der Waals surface area contributed by atoms with E-state index in [1.807, 2.05) is 53.6 Å². The van der Waals surface area contributed by atoms with Crippen LogP contribution in [-0.2, 0) is 18.4 Å². The first-order valence-electron chi connectivity index (χ1n) is 11.0. The Labute approximate surface area is 195 Å². The third-order valence-electron chi connectivity index (χ3n) is 5.86. The second-order valence-electron chi connectivity index (χ2n) is 9.30. The molecule has 32 heavy (non-hydrogen) atoms. The van der Waals surface area contributed by atoms with Gasteiger partial charge in [0.1, 0.15) is 0 Å². The van der Waals surface area contributed by atoms with Crippen molar-refractivity contribution in [2.45, 2.75) is 39.2 Å². The van der Waals surface area contributed by atoms with Crippen molar-refractivity contribution in [1.29, 1.82) is 0 Å². The van der Waals surface area contributed by atoms with E-state index in [1.54, 1.807) is 0 Å². The van der Waals surface area contributed by atoms with Gasteiger partial charge in [-0.2, -0.15) is 0 Å². The van der Waals surface area contributed by atoms with Crippen LogP contribution in [0.5, 0.6) is 0 Å². The van der Waals surface area contributed by atoms with E-state index in [4.69, 9.17) is 11.6 Å². The van der Waals surface area contributed by atoms with E-state index >= 15 is 0 Å². The van der Waals surface area contributed by atoms with Crippen LogP contribution >= 0.6 is 11.6 Å². The molecule has 0 fully saturated rings. The van der Waals surface area contributed by atoms with E-state index in [-0.39, 0.29) is 11.3 Å². The fourth-order valence-corrected chi connectivity index (χ4v) is 4.19. The summed E-state index contributed by atoms with van der Waals surface area (Å²) in [5, 5.41) is 1.76. The highest BCUT2D eigenvalue weighted by atomic mass is 35.5. The number of amides is 1. The van der Waals surface area contributed by atoms with Gasteiger partial charge < -0.3 is 9.88 Å². The SMILES string of the molecule is CC(C)(C)c1ccc(CN(CCc2cccc(Cl)c2)C(=O)c2cccc3cc[nH]c23)cc1. The molecule has 0 spiro atoms. The van der Waals surface area contributed by atoms with Crippen molar-refractivity contribution in [3.05, 3.63) is 106 Å². The first kappa shape index (κ1) is 22.2. The predicted molar refractivity (Wildman–Crippen MR) is 133 cm³/mol. The van der Waals surface area contributed by atoms with Crippen molar-refractivity contribution < 1.29 is 4.79 Å². The van der Waals surface area contributed by atoms with E-state index in [1.165, 1.54) is 5.56 Å². The molecular formula is C28H29ClN2O. The monoisotopic (exact) mass is 444 g/mol. The summed E-state index contributed by atoms with van der Waals surface area (Å²) in [7, 11) is 0. The number of fused-ring (bicyclic) bond motifs is 1. The fourth-order valence-electron chi connectivity index (χ4n) is 3.97. The number of benzene rings is 3. The maximum absolute atomic E-state index is 13.7. The maximum Gasteiger partial charge on any atom is 0.256 e. The summed E-state index contributed by atoms with van der Waals surface area (Å²) in [5.74, 6) is 0.0278. The Hall–Kier alpha value is -3.04. The Morgan fingerprint density at radius 2 is 1.69 bits per heavy atom. The maximum atomic E-state index is 13.7. The summed E-state index contributed by atoms with van der Waals surface area (Å²) in [6, 6.07) is 24.3. The van der Waals surface area contributed by atoms with Crippen LogP contribution < -0.4 is 0 Å². The molecule has 4 rings (SSSR count). The lowest BCUT2D eigenvalue weighted by Crippen LogP contribution is -2.32. The zero-order valence-corrected chi connectivity index (χ0v) is 19.6. The molecule has 0 atom stereocenters. The number of nitrogens with zero attached hydrogens (tertiary/aromatic N) is 1. The van der Waals surface area contributed by atoms with Crippen LogP contribution in [0.3, 0.4) is 0 Å². The quantitative estimate of drug-likeness (QED) is 0.341. The van der Waals surface area contributed by atoms with Crippen LogP contribution in [0.2, 0.25) is 5.02 Å². The van der Waals surface area contributed by atoms with Gasteiger partial charge in [-0.25, -0.2) is 0 Å². The summed E-state index contributed by atoms with van der Waals surface area (Å²) >= 11 is 6.17. The topological polar surface area (TPSA) is 36.1 Å². The number of halogens is 1. The molecule has 0 aliphatic rings. The molecule has 164 valence electrons. The minimum atomic E-state index is 0.0278. The van der Waals surface area contributed by atoms with Crippen molar-refractivity contribution in [3.63, 3.8) is 0 Å². The molecule has 0 aliphatic carbocycles. The van der Waals surface area contributed by atoms with Crippen LogP contribution in [0.1, 0.15) is 47.8 Å². The number of hydrogen-bond donors (Lipinski definition) is 1. The van der Waals surface area contributed by atoms with Crippen LogP contribution in [0.25, 0.3) is 10.9 Å². The van der Waals surface area contributed by atoms with Gasteiger partial charge in [0.15, 0.2) is 0 Å². The van der Waals surface area contributed by atoms with Gasteiger partial charge in [-0.3, -0.25) is 4.79 Å². The predicted octanol–water partition coefficient (Wildman–Crippen LogP) is 7.00. The van der Waals surface area contributed by atoms with Gasteiger partial charge in [0, 0.05) is 29.7 Å². The Morgan fingerprint density at radius 1 is 0.938 bits per heavy atom. The zero-order chi connectivity index (χ0) is 22.7. The summed E-state index contributed by atoms with van der Waals surface area (Å²) < 4.78 is 0. The molecule has 0 saturated carbocycles. The molecule has 1 heterocycles. The molecular weight excluding hydrogens is 416 g/mol.